The second-order valence-corrected chi connectivity index (χ2v) is 8.17. The highest BCUT2D eigenvalue weighted by atomic mass is 16.5. The highest BCUT2D eigenvalue weighted by molar-refractivity contribution is 6.22. The number of carbonyl (C=O) groups excluding carboxylic acids is 2. The predicted molar refractivity (Wildman–Crippen MR) is 120 cm³/mol. The Morgan fingerprint density at radius 2 is 1.76 bits per heavy atom. The van der Waals surface area contributed by atoms with Crippen LogP contribution in [-0.2, 0) is 16.1 Å². The van der Waals surface area contributed by atoms with Crippen molar-refractivity contribution in [1.29, 1.82) is 0 Å². The standard InChI is InChI=1S/C24H22N4O5/c1-33-18-9-5-8-16(12-18)27-21(29)19-11-10-17(13-20(19)22(27)30)28-24(32)26(23(31)25-28)14-15-6-3-2-4-7-15/h2-12,17,19-20H,13-14H2,1H3,(H,25,31)/t17-,19-,20-/m1/s1. The molecule has 0 spiro atoms. The molecule has 0 saturated carbocycles. The minimum atomic E-state index is -0.619. The number of H-pyrrole nitrogens is 1. The molecule has 1 aliphatic carbocycles. The van der Waals surface area contributed by atoms with Crippen molar-refractivity contribution >= 4 is 17.5 Å². The summed E-state index contributed by atoms with van der Waals surface area (Å²) in [6, 6.07) is 15.5. The van der Waals surface area contributed by atoms with Gasteiger partial charge >= 0.3 is 11.4 Å². The Morgan fingerprint density at radius 1 is 0.970 bits per heavy atom. The molecule has 0 radical (unpaired) electrons. The molecule has 168 valence electrons. The van der Waals surface area contributed by atoms with E-state index in [-0.39, 0.29) is 24.8 Å². The molecule has 3 atom stereocenters. The van der Waals surface area contributed by atoms with Crippen molar-refractivity contribution in [2.45, 2.75) is 19.0 Å². The smallest absolute Gasteiger partial charge is 0.347 e. The lowest BCUT2D eigenvalue weighted by Gasteiger charge is -2.23. The van der Waals surface area contributed by atoms with Crippen LogP contribution in [-0.4, -0.2) is 33.3 Å². The van der Waals surface area contributed by atoms with E-state index in [1.54, 1.807) is 36.4 Å². The zero-order valence-corrected chi connectivity index (χ0v) is 17.9. The van der Waals surface area contributed by atoms with Crippen LogP contribution in [0.5, 0.6) is 5.75 Å². The lowest BCUT2D eigenvalue weighted by atomic mass is 9.84. The fraction of sp³-hybridized carbons (Fsp3) is 0.250. The molecule has 0 unspecified atom stereocenters. The number of anilines is 1. The first-order valence-corrected chi connectivity index (χ1v) is 10.6. The van der Waals surface area contributed by atoms with Gasteiger partial charge in [-0.05, 0) is 24.1 Å². The average Bonchev–Trinajstić information content (AvgIpc) is 3.26. The minimum absolute atomic E-state index is 0.144. The molecular formula is C24H22N4O5. The summed E-state index contributed by atoms with van der Waals surface area (Å²) in [5.74, 6) is -1.32. The minimum Gasteiger partial charge on any atom is -0.497 e. The van der Waals surface area contributed by atoms with Crippen molar-refractivity contribution in [3.63, 3.8) is 0 Å². The van der Waals surface area contributed by atoms with Crippen LogP contribution in [0.25, 0.3) is 0 Å². The quantitative estimate of drug-likeness (QED) is 0.474. The normalized spacial score (nSPS) is 22.0. The number of nitrogens with one attached hydrogen (secondary N) is 1. The number of hydrogen-bond acceptors (Lipinski definition) is 5. The van der Waals surface area contributed by atoms with E-state index in [4.69, 9.17) is 4.74 Å². The summed E-state index contributed by atoms with van der Waals surface area (Å²) >= 11 is 0. The zero-order chi connectivity index (χ0) is 23.1. The van der Waals surface area contributed by atoms with Gasteiger partial charge in [0.1, 0.15) is 5.75 Å². The largest absolute Gasteiger partial charge is 0.497 e. The number of rotatable bonds is 5. The van der Waals surface area contributed by atoms with Crippen LogP contribution in [0.4, 0.5) is 5.69 Å². The number of aromatic amines is 1. The maximum absolute atomic E-state index is 13.2. The van der Waals surface area contributed by atoms with E-state index in [9.17, 15) is 19.2 Å². The van der Waals surface area contributed by atoms with Crippen molar-refractivity contribution in [3.05, 3.63) is 93.3 Å². The van der Waals surface area contributed by atoms with E-state index < -0.39 is 29.3 Å². The van der Waals surface area contributed by atoms with E-state index >= 15 is 0 Å². The van der Waals surface area contributed by atoms with Crippen LogP contribution in [0.1, 0.15) is 18.0 Å². The molecule has 2 aliphatic rings. The molecule has 33 heavy (non-hydrogen) atoms. The van der Waals surface area contributed by atoms with Crippen LogP contribution in [0.2, 0.25) is 0 Å². The number of carbonyl (C=O) groups is 2. The highest BCUT2D eigenvalue weighted by Crippen LogP contribution is 2.40. The molecule has 1 N–H and O–H groups in total. The van der Waals surface area contributed by atoms with E-state index in [2.05, 4.69) is 5.10 Å². The first-order chi connectivity index (χ1) is 16.0. The molecule has 2 heterocycles. The Balaban J connectivity index is 1.42. The lowest BCUT2D eigenvalue weighted by Crippen LogP contribution is -2.33. The second-order valence-electron chi connectivity index (χ2n) is 8.17. The van der Waals surface area contributed by atoms with Crippen molar-refractivity contribution in [2.75, 3.05) is 12.0 Å². The van der Waals surface area contributed by atoms with E-state index in [0.717, 1.165) is 10.1 Å². The number of fused-ring (bicyclic) bond motifs is 1. The van der Waals surface area contributed by atoms with Crippen LogP contribution >= 0.6 is 0 Å². The number of nitrogens with zero attached hydrogens (tertiary/aromatic N) is 3. The molecule has 2 amide bonds. The Kier molecular flexibility index (Phi) is 5.08. The van der Waals surface area contributed by atoms with Crippen molar-refractivity contribution in [1.82, 2.24) is 14.3 Å². The number of allylic oxidation sites excluding steroid dienone is 1. The number of methoxy groups -OCH3 is 1. The Bertz CT molecular complexity index is 1370. The number of ether oxygens (including phenoxy) is 1. The number of aromatic nitrogens is 3. The van der Waals surface area contributed by atoms with Crippen molar-refractivity contribution < 1.29 is 14.3 Å². The summed E-state index contributed by atoms with van der Waals surface area (Å²) < 4.78 is 7.57. The Hall–Kier alpha value is -4.14. The maximum atomic E-state index is 13.2. The number of hydrogen-bond donors (Lipinski definition) is 1. The number of imide groups is 1. The summed E-state index contributed by atoms with van der Waals surface area (Å²) in [4.78, 5) is 52.8. The summed E-state index contributed by atoms with van der Waals surface area (Å²) in [6.07, 6.45) is 3.61. The molecule has 0 bridgehead atoms. The molecule has 1 saturated heterocycles. The average molecular weight is 446 g/mol. The molecular weight excluding hydrogens is 424 g/mol. The van der Waals surface area contributed by atoms with Gasteiger partial charge < -0.3 is 4.74 Å². The molecule has 3 aromatic rings. The number of benzene rings is 2. The summed E-state index contributed by atoms with van der Waals surface area (Å²) in [5, 5.41) is 2.60. The Morgan fingerprint density at radius 3 is 2.52 bits per heavy atom. The van der Waals surface area contributed by atoms with Gasteiger partial charge in [-0.3, -0.25) is 9.59 Å². The molecule has 5 rings (SSSR count). The van der Waals surface area contributed by atoms with Crippen LogP contribution in [0, 0.1) is 11.8 Å². The van der Waals surface area contributed by atoms with Gasteiger partial charge in [-0.2, -0.15) is 0 Å². The molecule has 1 fully saturated rings. The second kappa shape index (κ2) is 8.09. The van der Waals surface area contributed by atoms with Crippen LogP contribution < -0.4 is 21.0 Å². The third-order valence-corrected chi connectivity index (χ3v) is 6.24. The fourth-order valence-electron chi connectivity index (χ4n) is 4.55. The van der Waals surface area contributed by atoms with E-state index in [0.29, 0.717) is 11.4 Å². The van der Waals surface area contributed by atoms with E-state index in [1.807, 2.05) is 30.3 Å². The lowest BCUT2D eigenvalue weighted by molar-refractivity contribution is -0.122. The van der Waals surface area contributed by atoms with Crippen molar-refractivity contribution in [2.24, 2.45) is 11.8 Å². The predicted octanol–water partition coefficient (Wildman–Crippen LogP) is 1.70. The van der Waals surface area contributed by atoms with Gasteiger partial charge in [-0.1, -0.05) is 48.6 Å². The third-order valence-electron chi connectivity index (χ3n) is 6.24. The van der Waals surface area contributed by atoms with Crippen LogP contribution in [0.3, 0.4) is 0 Å². The Labute approximate surface area is 188 Å². The topological polar surface area (TPSA) is 106 Å². The fourth-order valence-corrected chi connectivity index (χ4v) is 4.55. The van der Waals surface area contributed by atoms with Gasteiger partial charge in [0.2, 0.25) is 11.8 Å². The van der Waals surface area contributed by atoms with Crippen molar-refractivity contribution in [3.8, 4) is 5.75 Å². The third kappa shape index (κ3) is 3.51. The molecule has 1 aromatic heterocycles. The zero-order valence-electron chi connectivity index (χ0n) is 17.9. The summed E-state index contributed by atoms with van der Waals surface area (Å²) in [5.41, 5.74) is 0.264. The van der Waals surface area contributed by atoms with Gasteiger partial charge in [0.15, 0.2) is 0 Å². The van der Waals surface area contributed by atoms with E-state index in [1.165, 1.54) is 16.7 Å². The monoisotopic (exact) mass is 446 g/mol. The van der Waals surface area contributed by atoms with Gasteiger partial charge in [-0.25, -0.2) is 28.8 Å². The molecule has 1 aliphatic heterocycles. The molecule has 2 aromatic carbocycles. The molecule has 9 nitrogen and oxygen atoms in total. The SMILES string of the molecule is COc1cccc(N2C(=O)[C@@H]3C=C[C@@H](n4[nH]c(=O)n(Cc5ccccc5)c4=O)C[C@H]3C2=O)c1. The highest BCUT2D eigenvalue weighted by Gasteiger charge is 2.49. The van der Waals surface area contributed by atoms with Gasteiger partial charge in [-0.15, -0.1) is 0 Å². The number of amides is 2. The first kappa shape index (κ1) is 20.7. The van der Waals surface area contributed by atoms with Gasteiger partial charge in [0.05, 0.1) is 37.2 Å². The van der Waals surface area contributed by atoms with Gasteiger partial charge in [0, 0.05) is 6.07 Å². The first-order valence-electron chi connectivity index (χ1n) is 10.6. The molecule has 9 heteroatoms. The van der Waals surface area contributed by atoms with Gasteiger partial charge in [0.25, 0.3) is 0 Å². The summed E-state index contributed by atoms with van der Waals surface area (Å²) in [7, 11) is 1.52. The summed E-state index contributed by atoms with van der Waals surface area (Å²) in [6.45, 7) is 0.144. The maximum Gasteiger partial charge on any atom is 0.347 e. The van der Waals surface area contributed by atoms with Crippen LogP contribution in [0.15, 0.2) is 76.3 Å².